The number of nitrogens with zero attached hydrogens (tertiary/aromatic N) is 1. The van der Waals surface area contributed by atoms with Crippen LogP contribution in [0.5, 0.6) is 5.75 Å². The topological polar surface area (TPSA) is 60.8 Å². The lowest BCUT2D eigenvalue weighted by molar-refractivity contribution is -0.131. The summed E-state index contributed by atoms with van der Waals surface area (Å²) in [5, 5.41) is 20.1. The fraction of sp³-hybridized carbons (Fsp3) is 0.321. The Morgan fingerprint density at radius 1 is 0.824 bits per heavy atom. The van der Waals surface area contributed by atoms with Gasteiger partial charge in [0.1, 0.15) is 17.4 Å². The molecule has 1 saturated heterocycles. The molecule has 3 aromatic rings. The number of aliphatic hydroxyl groups is 1. The zero-order chi connectivity index (χ0) is 25.3. The van der Waals surface area contributed by atoms with Gasteiger partial charge in [0.15, 0.2) is 0 Å². The van der Waals surface area contributed by atoms with Crippen molar-refractivity contribution >= 4 is 11.6 Å². The Balaban J connectivity index is 0.000000970. The average molecular weight is 470 g/mol. The highest BCUT2D eigenvalue weighted by Gasteiger charge is 2.48. The van der Waals surface area contributed by atoms with Crippen LogP contribution >= 0.6 is 0 Å². The molecule has 3 atom stereocenters. The van der Waals surface area contributed by atoms with E-state index in [0.717, 1.165) is 5.56 Å². The zero-order valence-corrected chi connectivity index (χ0v) is 20.1. The van der Waals surface area contributed by atoms with E-state index >= 15 is 0 Å². The quantitative estimate of drug-likeness (QED) is 0.384. The third kappa shape index (κ3) is 6.20. The molecule has 0 aliphatic carbocycles. The Bertz CT molecular complexity index is 1020. The van der Waals surface area contributed by atoms with Crippen LogP contribution < -0.4 is 4.90 Å². The van der Waals surface area contributed by atoms with Crippen molar-refractivity contribution in [1.82, 2.24) is 0 Å². The lowest BCUT2D eigenvalue weighted by Crippen LogP contribution is -2.55. The largest absolute Gasteiger partial charge is 0.508 e. The number of aromatic hydroxyl groups is 1. The Morgan fingerprint density at radius 3 is 1.85 bits per heavy atom. The van der Waals surface area contributed by atoms with Gasteiger partial charge >= 0.3 is 0 Å². The molecule has 1 fully saturated rings. The van der Waals surface area contributed by atoms with E-state index in [2.05, 4.69) is 0 Å². The maximum Gasteiger partial charge on any atom is 0.233 e. The van der Waals surface area contributed by atoms with E-state index in [-0.39, 0.29) is 35.3 Å². The van der Waals surface area contributed by atoms with Crippen molar-refractivity contribution in [2.24, 2.45) is 5.92 Å². The predicted octanol–water partition coefficient (Wildman–Crippen LogP) is 6.94. The number of β-lactam (4-membered cyclic amide) rings is 1. The van der Waals surface area contributed by atoms with E-state index in [1.165, 1.54) is 36.4 Å². The van der Waals surface area contributed by atoms with E-state index in [1.54, 1.807) is 41.3 Å². The SMILES string of the molecule is CC.CC.O=C1C(CC[C@H](O)c2ccc(F)cc2)C(c2ccc(O)cc2)N1c1ccc(F)cc1. The maximum atomic E-state index is 13.3. The summed E-state index contributed by atoms with van der Waals surface area (Å²) in [6.07, 6.45) is -0.0344. The summed E-state index contributed by atoms with van der Waals surface area (Å²) in [5.41, 5.74) is 2.03. The first kappa shape index (κ1) is 27.0. The maximum absolute atomic E-state index is 13.3. The molecule has 0 bridgehead atoms. The van der Waals surface area contributed by atoms with Crippen LogP contribution in [-0.2, 0) is 4.79 Å². The molecule has 2 N–H and O–H groups in total. The third-order valence-electron chi connectivity index (χ3n) is 5.56. The second-order valence-electron chi connectivity index (χ2n) is 7.47. The van der Waals surface area contributed by atoms with Crippen molar-refractivity contribution in [3.8, 4) is 5.75 Å². The number of hydrogen-bond acceptors (Lipinski definition) is 3. The number of phenolic OH excluding ortho intramolecular Hbond substituents is 1. The zero-order valence-electron chi connectivity index (χ0n) is 20.1. The Hall–Kier alpha value is -3.25. The van der Waals surface area contributed by atoms with Crippen molar-refractivity contribution in [3.05, 3.63) is 95.6 Å². The Labute approximate surface area is 200 Å². The molecule has 2 unspecified atom stereocenters. The highest BCUT2D eigenvalue weighted by molar-refractivity contribution is 6.03. The minimum atomic E-state index is -0.807. The minimum absolute atomic E-state index is 0.106. The molecule has 0 saturated carbocycles. The normalized spacial score (nSPS) is 17.5. The highest BCUT2D eigenvalue weighted by atomic mass is 19.1. The van der Waals surface area contributed by atoms with Crippen LogP contribution in [0.4, 0.5) is 14.5 Å². The number of rotatable bonds is 6. The van der Waals surface area contributed by atoms with E-state index in [0.29, 0.717) is 24.1 Å². The molecule has 4 nitrogen and oxygen atoms in total. The number of benzene rings is 3. The number of hydrogen-bond donors (Lipinski definition) is 2. The number of amides is 1. The molecular weight excluding hydrogens is 436 g/mol. The smallest absolute Gasteiger partial charge is 0.233 e. The molecule has 6 heteroatoms. The first-order chi connectivity index (χ1) is 16.4. The van der Waals surface area contributed by atoms with Gasteiger partial charge in [-0.2, -0.15) is 0 Å². The Morgan fingerprint density at radius 2 is 1.32 bits per heavy atom. The van der Waals surface area contributed by atoms with Gasteiger partial charge in [-0.15, -0.1) is 0 Å². The molecule has 3 aromatic carbocycles. The van der Waals surface area contributed by atoms with E-state index in [4.69, 9.17) is 0 Å². The minimum Gasteiger partial charge on any atom is -0.508 e. The van der Waals surface area contributed by atoms with E-state index in [9.17, 15) is 23.8 Å². The lowest BCUT2D eigenvalue weighted by atomic mass is 9.78. The standard InChI is InChI=1S/C24H21F2NO3.2C2H6/c25-17-5-1-15(2-6-17)22(29)14-13-21-23(16-3-11-20(28)12-4-16)27(24(21)30)19-9-7-18(26)8-10-19;2*1-2/h1-12,21-23,28-29H,13-14H2;2*1-2H3/t21?,22-,23?;;/m0../s1. The monoisotopic (exact) mass is 469 g/mol. The lowest BCUT2D eigenvalue weighted by Gasteiger charge is -2.48. The number of carbonyl (C=O) groups excluding carboxylic acids is 1. The van der Waals surface area contributed by atoms with E-state index in [1.807, 2.05) is 27.7 Å². The van der Waals surface area contributed by atoms with Crippen molar-refractivity contribution in [1.29, 1.82) is 0 Å². The number of anilines is 1. The van der Waals surface area contributed by atoms with Gasteiger partial charge in [-0.05, 0) is 72.5 Å². The molecule has 1 amide bonds. The van der Waals surface area contributed by atoms with Gasteiger partial charge in [0.2, 0.25) is 5.91 Å². The van der Waals surface area contributed by atoms with Crippen molar-refractivity contribution in [2.45, 2.75) is 52.7 Å². The van der Waals surface area contributed by atoms with Crippen LogP contribution in [0.1, 0.15) is 63.8 Å². The van der Waals surface area contributed by atoms with Gasteiger partial charge < -0.3 is 15.1 Å². The van der Waals surface area contributed by atoms with Crippen LogP contribution in [0.15, 0.2) is 72.8 Å². The molecule has 182 valence electrons. The summed E-state index contributed by atoms with van der Waals surface area (Å²) >= 11 is 0. The van der Waals surface area contributed by atoms with Gasteiger partial charge in [-0.25, -0.2) is 8.78 Å². The van der Waals surface area contributed by atoms with Gasteiger partial charge in [-0.3, -0.25) is 4.79 Å². The van der Waals surface area contributed by atoms with Gasteiger partial charge in [-0.1, -0.05) is 52.0 Å². The number of carbonyl (C=O) groups is 1. The van der Waals surface area contributed by atoms with Crippen molar-refractivity contribution < 1.29 is 23.8 Å². The fourth-order valence-electron chi connectivity index (χ4n) is 3.96. The van der Waals surface area contributed by atoms with Crippen LogP contribution in [0.2, 0.25) is 0 Å². The van der Waals surface area contributed by atoms with Crippen molar-refractivity contribution in [2.75, 3.05) is 4.90 Å². The van der Waals surface area contributed by atoms with Crippen LogP contribution in [-0.4, -0.2) is 16.1 Å². The molecule has 0 spiro atoms. The van der Waals surface area contributed by atoms with Gasteiger partial charge in [0.05, 0.1) is 18.1 Å². The van der Waals surface area contributed by atoms with Crippen LogP contribution in [0.25, 0.3) is 0 Å². The summed E-state index contributed by atoms with van der Waals surface area (Å²) in [6, 6.07) is 17.7. The van der Waals surface area contributed by atoms with Crippen LogP contribution in [0, 0.1) is 17.6 Å². The highest BCUT2D eigenvalue weighted by Crippen LogP contribution is 2.46. The van der Waals surface area contributed by atoms with Gasteiger partial charge in [0, 0.05) is 5.69 Å². The second kappa shape index (κ2) is 12.8. The number of phenols is 1. The molecule has 34 heavy (non-hydrogen) atoms. The van der Waals surface area contributed by atoms with Crippen molar-refractivity contribution in [3.63, 3.8) is 0 Å². The predicted molar refractivity (Wildman–Crippen MR) is 132 cm³/mol. The molecule has 1 heterocycles. The summed E-state index contributed by atoms with van der Waals surface area (Å²) in [4.78, 5) is 14.6. The molecule has 4 rings (SSSR count). The molecular formula is C28H33F2NO3. The fourth-order valence-corrected chi connectivity index (χ4v) is 3.96. The molecule has 0 radical (unpaired) electrons. The summed E-state index contributed by atoms with van der Waals surface area (Å²) in [6.45, 7) is 8.00. The first-order valence-electron chi connectivity index (χ1n) is 11.7. The Kier molecular flexibility index (Phi) is 10.2. The average Bonchev–Trinajstić information content (AvgIpc) is 2.87. The molecule has 0 aromatic heterocycles. The second-order valence-corrected chi connectivity index (χ2v) is 7.47. The number of halogens is 2. The van der Waals surface area contributed by atoms with Gasteiger partial charge in [0.25, 0.3) is 0 Å². The third-order valence-corrected chi connectivity index (χ3v) is 5.56. The van der Waals surface area contributed by atoms with E-state index < -0.39 is 6.10 Å². The molecule has 1 aliphatic rings. The van der Waals surface area contributed by atoms with Crippen LogP contribution in [0.3, 0.4) is 0 Å². The summed E-state index contributed by atoms with van der Waals surface area (Å²) < 4.78 is 26.4. The summed E-state index contributed by atoms with van der Waals surface area (Å²) in [7, 11) is 0. The first-order valence-corrected chi connectivity index (χ1v) is 11.7. The summed E-state index contributed by atoms with van der Waals surface area (Å²) in [5.74, 6) is -1.10. The number of aliphatic hydroxyl groups excluding tert-OH is 1. The molecule has 1 aliphatic heterocycles.